The summed E-state index contributed by atoms with van der Waals surface area (Å²) in [6.07, 6.45) is 0. The molecule has 1 rings (SSSR count). The van der Waals surface area contributed by atoms with Crippen LogP contribution in [0.15, 0.2) is 18.2 Å². The van der Waals surface area contributed by atoms with Gasteiger partial charge in [0.05, 0.1) is 10.5 Å². The van der Waals surface area contributed by atoms with Crippen LogP contribution in [0.25, 0.3) is 0 Å². The lowest BCUT2D eigenvalue weighted by molar-refractivity contribution is -0.384. The average molecular weight is 213 g/mol. The highest BCUT2D eigenvalue weighted by molar-refractivity contribution is 5.94. The summed E-state index contributed by atoms with van der Waals surface area (Å²) in [6.45, 7) is 5.15. The number of hydrogen-bond acceptors (Lipinski definition) is 3. The van der Waals surface area contributed by atoms with E-state index in [1.807, 2.05) is 13.8 Å². The van der Waals surface area contributed by atoms with Crippen LogP contribution >= 0.6 is 0 Å². The SMILES string of the molecule is CC.CC(=O)c1cc([N+](=O)[O-])ccc1F. The van der Waals surface area contributed by atoms with Crippen LogP contribution in [-0.2, 0) is 0 Å². The zero-order chi connectivity index (χ0) is 12.0. The van der Waals surface area contributed by atoms with Gasteiger partial charge in [-0.15, -0.1) is 0 Å². The van der Waals surface area contributed by atoms with Gasteiger partial charge in [-0.05, 0) is 13.0 Å². The first-order valence-electron chi connectivity index (χ1n) is 4.47. The van der Waals surface area contributed by atoms with Gasteiger partial charge >= 0.3 is 0 Å². The molecule has 0 aliphatic heterocycles. The van der Waals surface area contributed by atoms with E-state index in [1.54, 1.807) is 0 Å². The molecule has 5 heteroatoms. The van der Waals surface area contributed by atoms with Crippen molar-refractivity contribution in [1.82, 2.24) is 0 Å². The van der Waals surface area contributed by atoms with Gasteiger partial charge in [-0.25, -0.2) is 4.39 Å². The molecule has 0 amide bonds. The number of carbonyl (C=O) groups excluding carboxylic acids is 1. The summed E-state index contributed by atoms with van der Waals surface area (Å²) in [6, 6.07) is 2.86. The van der Waals surface area contributed by atoms with Gasteiger partial charge in [0.25, 0.3) is 5.69 Å². The Labute approximate surface area is 86.9 Å². The van der Waals surface area contributed by atoms with Crippen molar-refractivity contribution in [3.8, 4) is 0 Å². The smallest absolute Gasteiger partial charge is 0.270 e. The molecule has 0 saturated heterocycles. The molecule has 0 spiro atoms. The Kier molecular flexibility index (Phi) is 5.15. The number of Topliss-reactive ketones (excluding diaryl/α,β-unsaturated/α-hetero) is 1. The van der Waals surface area contributed by atoms with Crippen LogP contribution in [0.2, 0.25) is 0 Å². The monoisotopic (exact) mass is 213 g/mol. The molecule has 0 heterocycles. The highest BCUT2D eigenvalue weighted by Crippen LogP contribution is 2.16. The molecule has 0 unspecified atom stereocenters. The molecular formula is C10H12FNO3. The van der Waals surface area contributed by atoms with Gasteiger partial charge < -0.3 is 0 Å². The zero-order valence-corrected chi connectivity index (χ0v) is 8.78. The van der Waals surface area contributed by atoms with E-state index in [1.165, 1.54) is 0 Å². The fraction of sp³-hybridized carbons (Fsp3) is 0.300. The van der Waals surface area contributed by atoms with E-state index in [0.717, 1.165) is 25.1 Å². The van der Waals surface area contributed by atoms with Crippen molar-refractivity contribution in [3.63, 3.8) is 0 Å². The van der Waals surface area contributed by atoms with Crippen LogP contribution in [0.4, 0.5) is 10.1 Å². The van der Waals surface area contributed by atoms with Gasteiger partial charge in [-0.3, -0.25) is 14.9 Å². The summed E-state index contributed by atoms with van der Waals surface area (Å²) in [5.74, 6) is -1.26. The Hall–Kier alpha value is -1.78. The maximum atomic E-state index is 12.8. The molecule has 0 N–H and O–H groups in total. The Morgan fingerprint density at radius 3 is 2.33 bits per heavy atom. The van der Waals surface area contributed by atoms with E-state index in [2.05, 4.69) is 0 Å². The second-order valence-corrected chi connectivity index (χ2v) is 2.48. The first-order valence-corrected chi connectivity index (χ1v) is 4.47. The van der Waals surface area contributed by atoms with Crippen molar-refractivity contribution in [2.45, 2.75) is 20.8 Å². The number of nitrogens with zero attached hydrogens (tertiary/aromatic N) is 1. The molecule has 82 valence electrons. The van der Waals surface area contributed by atoms with Gasteiger partial charge in [0.15, 0.2) is 5.78 Å². The molecule has 0 aliphatic rings. The van der Waals surface area contributed by atoms with Crippen LogP contribution < -0.4 is 0 Å². The molecule has 0 atom stereocenters. The van der Waals surface area contributed by atoms with Gasteiger partial charge in [0, 0.05) is 12.1 Å². The van der Waals surface area contributed by atoms with Gasteiger partial charge in [0.2, 0.25) is 0 Å². The first-order chi connectivity index (χ1) is 7.02. The number of nitro benzene ring substituents is 1. The van der Waals surface area contributed by atoms with E-state index < -0.39 is 16.5 Å². The topological polar surface area (TPSA) is 60.2 Å². The maximum Gasteiger partial charge on any atom is 0.270 e. The predicted molar refractivity (Wildman–Crippen MR) is 54.4 cm³/mol. The van der Waals surface area contributed by atoms with E-state index >= 15 is 0 Å². The average Bonchev–Trinajstić information content (AvgIpc) is 2.20. The maximum absolute atomic E-state index is 12.8. The van der Waals surface area contributed by atoms with Crippen molar-refractivity contribution in [1.29, 1.82) is 0 Å². The Balaban J connectivity index is 0.000000921. The minimum atomic E-state index is -0.738. The molecule has 0 fully saturated rings. The summed E-state index contributed by atoms with van der Waals surface area (Å²) in [5.41, 5.74) is -0.541. The first kappa shape index (κ1) is 13.2. The molecule has 0 bridgehead atoms. The predicted octanol–water partition coefficient (Wildman–Crippen LogP) is 2.96. The third-order valence-corrected chi connectivity index (χ3v) is 1.54. The van der Waals surface area contributed by atoms with Gasteiger partial charge in [0.1, 0.15) is 5.82 Å². The minimum absolute atomic E-state index is 0.255. The number of non-ortho nitro benzene ring substituents is 1. The molecule has 1 aromatic rings. The van der Waals surface area contributed by atoms with Crippen molar-refractivity contribution in [3.05, 3.63) is 39.7 Å². The summed E-state index contributed by atoms with van der Waals surface area (Å²) < 4.78 is 12.8. The van der Waals surface area contributed by atoms with Crippen LogP contribution in [0.1, 0.15) is 31.1 Å². The largest absolute Gasteiger partial charge is 0.294 e. The van der Waals surface area contributed by atoms with Crippen molar-refractivity contribution >= 4 is 11.5 Å². The highest BCUT2D eigenvalue weighted by Gasteiger charge is 2.13. The summed E-state index contributed by atoms with van der Waals surface area (Å²) in [7, 11) is 0. The third kappa shape index (κ3) is 3.46. The zero-order valence-electron chi connectivity index (χ0n) is 8.78. The molecular weight excluding hydrogens is 201 g/mol. The molecule has 1 aromatic carbocycles. The number of hydrogen-bond donors (Lipinski definition) is 0. The van der Waals surface area contributed by atoms with E-state index in [-0.39, 0.29) is 11.3 Å². The lowest BCUT2D eigenvalue weighted by Crippen LogP contribution is -1.98. The Bertz CT molecular complexity index is 377. The molecule has 0 aromatic heterocycles. The number of nitro groups is 1. The van der Waals surface area contributed by atoms with Crippen LogP contribution in [0.5, 0.6) is 0 Å². The van der Waals surface area contributed by atoms with Crippen molar-refractivity contribution < 1.29 is 14.1 Å². The second kappa shape index (κ2) is 5.85. The normalized spacial score (nSPS) is 8.80. The van der Waals surface area contributed by atoms with Crippen LogP contribution in [0.3, 0.4) is 0 Å². The number of halogens is 1. The van der Waals surface area contributed by atoms with E-state index in [0.29, 0.717) is 0 Å². The third-order valence-electron chi connectivity index (χ3n) is 1.54. The number of benzene rings is 1. The lowest BCUT2D eigenvalue weighted by atomic mass is 10.1. The quantitative estimate of drug-likeness (QED) is 0.431. The van der Waals surface area contributed by atoms with Crippen molar-refractivity contribution in [2.24, 2.45) is 0 Å². The second-order valence-electron chi connectivity index (χ2n) is 2.48. The standard InChI is InChI=1S/C8H6FNO3.C2H6/c1-5(11)7-4-6(10(12)13)2-3-8(7)9;1-2/h2-4H,1H3;1-2H3. The lowest BCUT2D eigenvalue weighted by Gasteiger charge is -1.97. The molecule has 0 radical (unpaired) electrons. The number of rotatable bonds is 2. The Morgan fingerprint density at radius 2 is 1.93 bits per heavy atom. The van der Waals surface area contributed by atoms with E-state index in [4.69, 9.17) is 0 Å². The number of ketones is 1. The molecule has 0 aliphatic carbocycles. The van der Waals surface area contributed by atoms with Crippen LogP contribution in [0, 0.1) is 15.9 Å². The fourth-order valence-electron chi connectivity index (χ4n) is 0.897. The van der Waals surface area contributed by atoms with Crippen LogP contribution in [-0.4, -0.2) is 10.7 Å². The molecule has 15 heavy (non-hydrogen) atoms. The highest BCUT2D eigenvalue weighted by atomic mass is 19.1. The van der Waals surface area contributed by atoms with Crippen molar-refractivity contribution in [2.75, 3.05) is 0 Å². The summed E-state index contributed by atoms with van der Waals surface area (Å²) in [5, 5.41) is 10.3. The minimum Gasteiger partial charge on any atom is -0.294 e. The Morgan fingerprint density at radius 1 is 1.40 bits per heavy atom. The summed E-state index contributed by atoms with van der Waals surface area (Å²) in [4.78, 5) is 20.4. The van der Waals surface area contributed by atoms with Gasteiger partial charge in [-0.1, -0.05) is 13.8 Å². The number of carbonyl (C=O) groups is 1. The molecule has 4 nitrogen and oxygen atoms in total. The van der Waals surface area contributed by atoms with E-state index in [9.17, 15) is 19.3 Å². The summed E-state index contributed by atoms with van der Waals surface area (Å²) >= 11 is 0. The fourth-order valence-corrected chi connectivity index (χ4v) is 0.897. The van der Waals surface area contributed by atoms with Gasteiger partial charge in [-0.2, -0.15) is 0 Å². The molecule has 0 saturated carbocycles.